The van der Waals surface area contributed by atoms with Crippen LogP contribution in [0.5, 0.6) is 0 Å². The van der Waals surface area contributed by atoms with Crippen LogP contribution in [0.3, 0.4) is 0 Å². The molecule has 0 aromatic rings. The maximum Gasteiger partial charge on any atom is 0.242 e. The number of rotatable bonds is 1. The van der Waals surface area contributed by atoms with Gasteiger partial charge in [-0.25, -0.2) is 8.42 Å². The van der Waals surface area contributed by atoms with Gasteiger partial charge in [0, 0.05) is 13.1 Å². The molecule has 0 aromatic heterocycles. The van der Waals surface area contributed by atoms with E-state index in [1.165, 1.54) is 0 Å². The van der Waals surface area contributed by atoms with Crippen molar-refractivity contribution in [2.24, 2.45) is 5.73 Å². The Bertz CT molecular complexity index is 419. The zero-order valence-electron chi connectivity index (χ0n) is 11.1. The second-order valence-electron chi connectivity index (χ2n) is 5.51. The van der Waals surface area contributed by atoms with Gasteiger partial charge in [-0.3, -0.25) is 4.79 Å². The molecule has 0 unspecified atom stereocenters. The Morgan fingerprint density at radius 3 is 2.26 bits per heavy atom. The number of carbonyl (C=O) groups excluding carboxylic acids is 1. The summed E-state index contributed by atoms with van der Waals surface area (Å²) in [7, 11) is -2.97. The Morgan fingerprint density at radius 1 is 1.00 bits per heavy atom. The Labute approximate surface area is 121 Å². The molecule has 0 radical (unpaired) electrons. The fourth-order valence-electron chi connectivity index (χ4n) is 2.85. The second kappa shape index (κ2) is 6.41. The van der Waals surface area contributed by atoms with Crippen molar-refractivity contribution in [1.29, 1.82) is 0 Å². The third-order valence-electron chi connectivity index (χ3n) is 4.01. The summed E-state index contributed by atoms with van der Waals surface area (Å²) in [6.07, 6.45) is 5.12. The summed E-state index contributed by atoms with van der Waals surface area (Å²) < 4.78 is 23.1. The molecule has 0 aromatic carbocycles. The number of sulfone groups is 1. The Kier molecular flexibility index (Phi) is 5.65. The lowest BCUT2D eigenvalue weighted by Crippen LogP contribution is -2.56. The summed E-state index contributed by atoms with van der Waals surface area (Å²) in [5.41, 5.74) is 5.47. The predicted molar refractivity (Wildman–Crippen MR) is 77.1 cm³/mol. The standard InChI is InChI=1S/C12H22N2O3S.ClH/c13-12(5-2-1-3-6-12)11(15)14-7-4-9-18(16,17)10-8-14;/h1-10,13H2;1H. The highest BCUT2D eigenvalue weighted by atomic mass is 35.5. The molecule has 5 nitrogen and oxygen atoms in total. The molecule has 2 N–H and O–H groups in total. The van der Waals surface area contributed by atoms with E-state index in [4.69, 9.17) is 5.73 Å². The van der Waals surface area contributed by atoms with Crippen molar-refractivity contribution in [3.63, 3.8) is 0 Å². The lowest BCUT2D eigenvalue weighted by atomic mass is 9.81. The lowest BCUT2D eigenvalue weighted by Gasteiger charge is -2.36. The molecule has 1 heterocycles. The smallest absolute Gasteiger partial charge is 0.242 e. The molecular weight excluding hydrogens is 288 g/mol. The quantitative estimate of drug-likeness (QED) is 0.774. The molecule has 0 atom stereocenters. The van der Waals surface area contributed by atoms with Crippen LogP contribution in [-0.4, -0.2) is 49.4 Å². The first kappa shape index (κ1) is 16.7. The number of carbonyl (C=O) groups is 1. The van der Waals surface area contributed by atoms with Gasteiger partial charge in [0.15, 0.2) is 9.84 Å². The molecule has 2 fully saturated rings. The number of hydrogen-bond donors (Lipinski definition) is 1. The molecule has 1 saturated heterocycles. The summed E-state index contributed by atoms with van der Waals surface area (Å²) in [6.45, 7) is 0.830. The first-order chi connectivity index (χ1) is 8.43. The molecule has 0 spiro atoms. The fraction of sp³-hybridized carbons (Fsp3) is 0.917. The van der Waals surface area contributed by atoms with E-state index in [1.54, 1.807) is 4.90 Å². The number of nitrogens with zero attached hydrogens (tertiary/aromatic N) is 1. The van der Waals surface area contributed by atoms with Crippen LogP contribution in [0, 0.1) is 0 Å². The van der Waals surface area contributed by atoms with Crippen molar-refractivity contribution in [2.45, 2.75) is 44.1 Å². The molecule has 0 bridgehead atoms. The van der Waals surface area contributed by atoms with Crippen molar-refractivity contribution in [3.8, 4) is 0 Å². The van der Waals surface area contributed by atoms with E-state index in [0.717, 1.165) is 32.1 Å². The van der Waals surface area contributed by atoms with E-state index >= 15 is 0 Å². The van der Waals surface area contributed by atoms with Crippen molar-refractivity contribution in [2.75, 3.05) is 24.6 Å². The van der Waals surface area contributed by atoms with Gasteiger partial charge in [-0.2, -0.15) is 0 Å². The first-order valence-corrected chi connectivity index (χ1v) is 8.54. The topological polar surface area (TPSA) is 80.5 Å². The van der Waals surface area contributed by atoms with Gasteiger partial charge >= 0.3 is 0 Å². The van der Waals surface area contributed by atoms with Crippen LogP contribution in [0.1, 0.15) is 38.5 Å². The number of halogens is 1. The van der Waals surface area contributed by atoms with E-state index in [2.05, 4.69) is 0 Å². The van der Waals surface area contributed by atoms with Gasteiger partial charge in [0.25, 0.3) is 0 Å². The van der Waals surface area contributed by atoms with Gasteiger partial charge in [0.05, 0.1) is 17.0 Å². The van der Waals surface area contributed by atoms with Gasteiger partial charge in [-0.15, -0.1) is 12.4 Å². The highest BCUT2D eigenvalue weighted by Crippen LogP contribution is 2.28. The molecule has 1 aliphatic carbocycles. The minimum Gasteiger partial charge on any atom is -0.340 e. The van der Waals surface area contributed by atoms with E-state index < -0.39 is 15.4 Å². The Morgan fingerprint density at radius 2 is 1.63 bits per heavy atom. The molecule has 1 aliphatic heterocycles. The van der Waals surface area contributed by atoms with Crippen molar-refractivity contribution in [3.05, 3.63) is 0 Å². The van der Waals surface area contributed by atoms with Crippen LogP contribution in [0.25, 0.3) is 0 Å². The third-order valence-corrected chi connectivity index (χ3v) is 5.73. The second-order valence-corrected chi connectivity index (χ2v) is 7.82. The zero-order chi connectivity index (χ0) is 13.2. The number of nitrogens with two attached hydrogens (primary N) is 1. The first-order valence-electron chi connectivity index (χ1n) is 6.72. The molecular formula is C12H23ClN2O3S. The third kappa shape index (κ3) is 4.07. The van der Waals surface area contributed by atoms with Crippen molar-refractivity contribution >= 4 is 28.2 Å². The maximum atomic E-state index is 12.4. The van der Waals surface area contributed by atoms with E-state index in [9.17, 15) is 13.2 Å². The molecule has 2 aliphatic rings. The zero-order valence-corrected chi connectivity index (χ0v) is 12.8. The molecule has 1 amide bonds. The summed E-state index contributed by atoms with van der Waals surface area (Å²) in [5.74, 6) is 0.225. The van der Waals surface area contributed by atoms with Gasteiger partial charge in [-0.1, -0.05) is 19.3 Å². The van der Waals surface area contributed by atoms with Crippen LogP contribution in [0.4, 0.5) is 0 Å². The number of hydrogen-bond acceptors (Lipinski definition) is 4. The maximum absolute atomic E-state index is 12.4. The fourth-order valence-corrected chi connectivity index (χ4v) is 4.12. The molecule has 2 rings (SSSR count). The van der Waals surface area contributed by atoms with Crippen LogP contribution < -0.4 is 5.73 Å². The summed E-state index contributed by atoms with van der Waals surface area (Å²) in [4.78, 5) is 14.1. The van der Waals surface area contributed by atoms with E-state index in [0.29, 0.717) is 19.5 Å². The Balaban J connectivity index is 0.00000180. The molecule has 112 valence electrons. The highest BCUT2D eigenvalue weighted by molar-refractivity contribution is 7.91. The van der Waals surface area contributed by atoms with Crippen LogP contribution in [0.2, 0.25) is 0 Å². The van der Waals surface area contributed by atoms with E-state index in [-0.39, 0.29) is 29.8 Å². The molecule has 19 heavy (non-hydrogen) atoms. The van der Waals surface area contributed by atoms with E-state index in [1.807, 2.05) is 0 Å². The van der Waals surface area contributed by atoms with Crippen molar-refractivity contribution in [1.82, 2.24) is 4.90 Å². The average molecular weight is 311 g/mol. The van der Waals surface area contributed by atoms with Crippen molar-refractivity contribution < 1.29 is 13.2 Å². The van der Waals surface area contributed by atoms with Gasteiger partial charge in [0.1, 0.15) is 0 Å². The predicted octanol–water partition coefficient (Wildman–Crippen LogP) is 0.717. The number of amides is 1. The minimum atomic E-state index is -2.97. The van der Waals surface area contributed by atoms with Gasteiger partial charge in [0.2, 0.25) is 5.91 Å². The van der Waals surface area contributed by atoms with Crippen LogP contribution >= 0.6 is 12.4 Å². The molecule has 1 saturated carbocycles. The summed E-state index contributed by atoms with van der Waals surface area (Å²) >= 11 is 0. The lowest BCUT2D eigenvalue weighted by molar-refractivity contribution is -0.138. The highest BCUT2D eigenvalue weighted by Gasteiger charge is 2.39. The monoisotopic (exact) mass is 310 g/mol. The van der Waals surface area contributed by atoms with Gasteiger partial charge in [-0.05, 0) is 19.3 Å². The Hall–Kier alpha value is -0.330. The van der Waals surface area contributed by atoms with Crippen LogP contribution in [-0.2, 0) is 14.6 Å². The van der Waals surface area contributed by atoms with Crippen LogP contribution in [0.15, 0.2) is 0 Å². The van der Waals surface area contributed by atoms with Gasteiger partial charge < -0.3 is 10.6 Å². The minimum absolute atomic E-state index is 0. The normalized spacial score (nSPS) is 26.1. The summed E-state index contributed by atoms with van der Waals surface area (Å²) in [5, 5.41) is 0. The average Bonchev–Trinajstić information content (AvgIpc) is 2.50. The summed E-state index contributed by atoms with van der Waals surface area (Å²) in [6, 6.07) is 0. The molecule has 7 heteroatoms. The SMILES string of the molecule is Cl.NC1(C(=O)N2CCCS(=O)(=O)CC2)CCCCC1. The largest absolute Gasteiger partial charge is 0.340 e.